The van der Waals surface area contributed by atoms with Gasteiger partial charge in [0.15, 0.2) is 0 Å². The van der Waals surface area contributed by atoms with Crippen LogP contribution >= 0.6 is 0 Å². The summed E-state index contributed by atoms with van der Waals surface area (Å²) in [4.78, 5) is 26.0. The highest BCUT2D eigenvalue weighted by Gasteiger charge is 2.24. The van der Waals surface area contributed by atoms with Gasteiger partial charge in [-0.25, -0.2) is 0 Å². The van der Waals surface area contributed by atoms with Gasteiger partial charge in [-0.1, -0.05) is 213 Å². The molecule has 0 bridgehead atoms. The number of aliphatic hydroxyl groups excluding tert-OH is 2. The van der Waals surface area contributed by atoms with Gasteiger partial charge in [-0.15, -0.1) is 0 Å². The summed E-state index contributed by atoms with van der Waals surface area (Å²) < 4.78 is 5.91. The lowest BCUT2D eigenvalue weighted by Gasteiger charge is -2.24. The van der Waals surface area contributed by atoms with Crippen molar-refractivity contribution in [1.82, 2.24) is 5.32 Å². The fraction of sp³-hybridized carbons (Fsp3) is 0.918. The first kappa shape index (κ1) is 53.6. The number of unbranched alkanes of at least 4 members (excludes halogenated alkanes) is 30. The van der Waals surface area contributed by atoms with E-state index in [2.05, 4.69) is 38.2 Å². The van der Waals surface area contributed by atoms with E-state index in [9.17, 15) is 19.8 Å². The summed E-state index contributed by atoms with van der Waals surface area (Å²) in [5, 5.41) is 23.7. The van der Waals surface area contributed by atoms with Crippen molar-refractivity contribution in [1.29, 1.82) is 0 Å². The molecule has 0 saturated carbocycles. The molecule has 0 aliphatic rings. The average molecular weight is 778 g/mol. The topological polar surface area (TPSA) is 95.9 Å². The van der Waals surface area contributed by atoms with Crippen molar-refractivity contribution in [2.24, 2.45) is 0 Å². The summed E-state index contributed by atoms with van der Waals surface area (Å²) in [6.45, 7) is 6.47. The van der Waals surface area contributed by atoms with Crippen LogP contribution in [0.3, 0.4) is 0 Å². The number of nitrogens with one attached hydrogen (secondary N) is 1. The number of carbonyl (C=O) groups is 2. The second kappa shape index (κ2) is 43.7. The molecule has 3 N–H and O–H groups in total. The Kier molecular flexibility index (Phi) is 42.6. The van der Waals surface area contributed by atoms with Gasteiger partial charge in [0.2, 0.25) is 5.91 Å². The molecule has 0 aromatic heterocycles. The predicted octanol–water partition coefficient (Wildman–Crippen LogP) is 14.2. The van der Waals surface area contributed by atoms with Gasteiger partial charge in [0, 0.05) is 6.42 Å². The van der Waals surface area contributed by atoms with Crippen molar-refractivity contribution < 1.29 is 24.5 Å². The van der Waals surface area contributed by atoms with E-state index >= 15 is 0 Å². The standard InChI is InChI=1S/C49H95NO5/c1-4-7-10-13-16-19-22-24-27-30-33-36-39-42-49(54)55-45(40-37-34-31-28-25-21-18-15-12-9-6-3)43-48(53)50-46(44-51)47(52)41-38-35-32-29-26-23-20-17-14-11-8-5-2/h24,27,45-47,51-52H,4-23,25-26,28-44H2,1-3H3,(H,50,53)/b27-24-. The van der Waals surface area contributed by atoms with Crippen molar-refractivity contribution in [3.63, 3.8) is 0 Å². The Bertz CT molecular complexity index is 832. The smallest absolute Gasteiger partial charge is 0.306 e. The van der Waals surface area contributed by atoms with Crippen LogP contribution in [0.1, 0.15) is 265 Å². The number of esters is 1. The minimum Gasteiger partial charge on any atom is -0.462 e. The SMILES string of the molecule is CCCCCCCC/C=C\CCCCCC(=O)OC(CCCCCCCCCCCCC)CC(=O)NC(CO)C(O)CCCCCCCCCCCCCC. The van der Waals surface area contributed by atoms with Crippen LogP contribution in [-0.2, 0) is 14.3 Å². The fourth-order valence-corrected chi connectivity index (χ4v) is 7.60. The number of amides is 1. The van der Waals surface area contributed by atoms with Crippen molar-refractivity contribution in [2.75, 3.05) is 6.61 Å². The first-order valence-electron chi connectivity index (χ1n) is 24.4. The van der Waals surface area contributed by atoms with Crippen LogP contribution in [0.25, 0.3) is 0 Å². The highest BCUT2D eigenvalue weighted by molar-refractivity contribution is 5.77. The number of aliphatic hydroxyl groups is 2. The monoisotopic (exact) mass is 778 g/mol. The van der Waals surface area contributed by atoms with Crippen molar-refractivity contribution in [3.8, 4) is 0 Å². The molecule has 326 valence electrons. The van der Waals surface area contributed by atoms with Crippen LogP contribution in [0.15, 0.2) is 12.2 Å². The third-order valence-electron chi connectivity index (χ3n) is 11.3. The van der Waals surface area contributed by atoms with E-state index in [-0.39, 0.29) is 24.9 Å². The van der Waals surface area contributed by atoms with Crippen molar-refractivity contribution >= 4 is 11.9 Å². The quantitative estimate of drug-likeness (QED) is 0.0325. The Balaban J connectivity index is 4.55. The second-order valence-corrected chi connectivity index (χ2v) is 16.9. The minimum atomic E-state index is -0.782. The lowest BCUT2D eigenvalue weighted by atomic mass is 10.0. The summed E-state index contributed by atoms with van der Waals surface area (Å²) in [6.07, 6.45) is 46.9. The van der Waals surface area contributed by atoms with Gasteiger partial charge in [-0.2, -0.15) is 0 Å². The van der Waals surface area contributed by atoms with Gasteiger partial charge >= 0.3 is 5.97 Å². The number of allylic oxidation sites excluding steroid dienone is 2. The molecule has 0 radical (unpaired) electrons. The number of ether oxygens (including phenoxy) is 1. The molecular weight excluding hydrogens is 683 g/mol. The van der Waals surface area contributed by atoms with Gasteiger partial charge in [0.05, 0.1) is 25.2 Å². The van der Waals surface area contributed by atoms with Gasteiger partial charge in [-0.3, -0.25) is 9.59 Å². The Hall–Kier alpha value is -1.40. The summed E-state index contributed by atoms with van der Waals surface area (Å²) in [6, 6.07) is -0.696. The number of rotatable bonds is 44. The lowest BCUT2D eigenvalue weighted by Crippen LogP contribution is -2.46. The second-order valence-electron chi connectivity index (χ2n) is 16.9. The Labute approximate surface area is 342 Å². The van der Waals surface area contributed by atoms with E-state index in [4.69, 9.17) is 4.74 Å². The molecule has 3 atom stereocenters. The third-order valence-corrected chi connectivity index (χ3v) is 11.3. The number of carbonyl (C=O) groups excluding carboxylic acids is 2. The highest BCUT2D eigenvalue weighted by Crippen LogP contribution is 2.18. The van der Waals surface area contributed by atoms with E-state index in [1.165, 1.54) is 167 Å². The van der Waals surface area contributed by atoms with Crippen molar-refractivity contribution in [3.05, 3.63) is 12.2 Å². The van der Waals surface area contributed by atoms with Crippen LogP contribution in [0.4, 0.5) is 0 Å². The largest absolute Gasteiger partial charge is 0.462 e. The predicted molar refractivity (Wildman–Crippen MR) is 237 cm³/mol. The normalized spacial score (nSPS) is 13.3. The summed E-state index contributed by atoms with van der Waals surface area (Å²) in [5.41, 5.74) is 0. The maximum atomic E-state index is 13.1. The molecule has 0 aliphatic carbocycles. The highest BCUT2D eigenvalue weighted by atomic mass is 16.5. The number of hydrogen-bond donors (Lipinski definition) is 3. The van der Waals surface area contributed by atoms with Crippen LogP contribution in [-0.4, -0.2) is 46.9 Å². The molecule has 0 saturated heterocycles. The molecule has 3 unspecified atom stereocenters. The first-order chi connectivity index (χ1) is 27.0. The summed E-state index contributed by atoms with van der Waals surface area (Å²) >= 11 is 0. The van der Waals surface area contributed by atoms with E-state index in [1.807, 2.05) is 0 Å². The zero-order chi connectivity index (χ0) is 40.3. The van der Waals surface area contributed by atoms with Gasteiger partial charge in [-0.05, 0) is 51.4 Å². The molecule has 0 aliphatic heterocycles. The van der Waals surface area contributed by atoms with Crippen LogP contribution in [0.2, 0.25) is 0 Å². The van der Waals surface area contributed by atoms with E-state index in [1.54, 1.807) is 0 Å². The Morgan fingerprint density at radius 2 is 0.873 bits per heavy atom. The molecule has 0 rings (SSSR count). The van der Waals surface area contributed by atoms with Gasteiger partial charge in [0.25, 0.3) is 0 Å². The molecule has 0 fully saturated rings. The summed E-state index contributed by atoms with van der Waals surface area (Å²) in [5.74, 6) is -0.480. The molecule has 6 heteroatoms. The molecule has 0 aromatic rings. The molecule has 6 nitrogen and oxygen atoms in total. The average Bonchev–Trinajstić information content (AvgIpc) is 3.18. The van der Waals surface area contributed by atoms with E-state index < -0.39 is 18.2 Å². The maximum absolute atomic E-state index is 13.1. The molecule has 0 aromatic carbocycles. The van der Waals surface area contributed by atoms with E-state index in [0.29, 0.717) is 19.3 Å². The summed E-state index contributed by atoms with van der Waals surface area (Å²) in [7, 11) is 0. The molecular formula is C49H95NO5. The zero-order valence-corrected chi connectivity index (χ0v) is 37.1. The van der Waals surface area contributed by atoms with Crippen LogP contribution in [0.5, 0.6) is 0 Å². The first-order valence-corrected chi connectivity index (χ1v) is 24.4. The number of hydrogen-bond acceptors (Lipinski definition) is 5. The molecule has 0 spiro atoms. The minimum absolute atomic E-state index is 0.0781. The zero-order valence-electron chi connectivity index (χ0n) is 37.1. The van der Waals surface area contributed by atoms with Crippen LogP contribution < -0.4 is 5.32 Å². The van der Waals surface area contributed by atoms with Gasteiger partial charge in [0.1, 0.15) is 6.10 Å². The van der Waals surface area contributed by atoms with Gasteiger partial charge < -0.3 is 20.3 Å². The molecule has 1 amide bonds. The van der Waals surface area contributed by atoms with E-state index in [0.717, 1.165) is 51.4 Å². The molecule has 0 heterocycles. The molecule has 55 heavy (non-hydrogen) atoms. The van der Waals surface area contributed by atoms with Crippen molar-refractivity contribution in [2.45, 2.75) is 283 Å². The lowest BCUT2D eigenvalue weighted by molar-refractivity contribution is -0.151. The van der Waals surface area contributed by atoms with Crippen LogP contribution in [0, 0.1) is 0 Å². The maximum Gasteiger partial charge on any atom is 0.306 e. The fourth-order valence-electron chi connectivity index (χ4n) is 7.60. The Morgan fingerprint density at radius 3 is 1.29 bits per heavy atom. The third kappa shape index (κ3) is 39.2. The Morgan fingerprint density at radius 1 is 0.509 bits per heavy atom.